The zero-order valence-electron chi connectivity index (χ0n) is 12.5. The van der Waals surface area contributed by atoms with E-state index in [0.717, 1.165) is 5.56 Å². The van der Waals surface area contributed by atoms with Crippen molar-refractivity contribution in [1.82, 2.24) is 5.32 Å². The number of esters is 1. The van der Waals surface area contributed by atoms with E-state index in [1.165, 1.54) is 31.4 Å². The third kappa shape index (κ3) is 4.81. The fourth-order valence-corrected chi connectivity index (χ4v) is 1.93. The molecule has 2 rings (SSSR count). The van der Waals surface area contributed by atoms with E-state index in [2.05, 4.69) is 10.1 Å². The van der Waals surface area contributed by atoms with Gasteiger partial charge in [-0.15, -0.1) is 0 Å². The van der Waals surface area contributed by atoms with Crippen LogP contribution >= 0.6 is 0 Å². The highest BCUT2D eigenvalue weighted by Crippen LogP contribution is 2.15. The van der Waals surface area contributed by atoms with Gasteiger partial charge < -0.3 is 14.8 Å². The SMILES string of the molecule is COC(=O)[C@@H](NC(=O)OCc1ccccc1)c1ccc(F)cc1. The van der Waals surface area contributed by atoms with Gasteiger partial charge in [-0.2, -0.15) is 0 Å². The van der Waals surface area contributed by atoms with Crippen molar-refractivity contribution in [2.24, 2.45) is 0 Å². The standard InChI is InChI=1S/C17H16FNO4/c1-22-16(20)15(13-7-9-14(18)10-8-13)19-17(21)23-11-12-5-3-2-4-6-12/h2-10,15H,11H2,1H3,(H,19,21)/t15-/m0/s1. The summed E-state index contributed by atoms with van der Waals surface area (Å²) in [7, 11) is 1.20. The van der Waals surface area contributed by atoms with Crippen LogP contribution in [0.3, 0.4) is 0 Å². The Balaban J connectivity index is 2.01. The van der Waals surface area contributed by atoms with Gasteiger partial charge in [0.1, 0.15) is 12.4 Å². The molecule has 0 saturated heterocycles. The molecule has 0 aromatic heterocycles. The lowest BCUT2D eigenvalue weighted by atomic mass is 10.1. The number of hydrogen-bond donors (Lipinski definition) is 1. The number of alkyl carbamates (subject to hydrolysis) is 1. The monoisotopic (exact) mass is 317 g/mol. The Morgan fingerprint density at radius 2 is 1.74 bits per heavy atom. The molecule has 1 N–H and O–H groups in total. The molecule has 6 heteroatoms. The van der Waals surface area contributed by atoms with Gasteiger partial charge >= 0.3 is 12.1 Å². The summed E-state index contributed by atoms with van der Waals surface area (Å²) in [4.78, 5) is 23.7. The summed E-state index contributed by atoms with van der Waals surface area (Å²) < 4.78 is 22.7. The average Bonchev–Trinajstić information content (AvgIpc) is 2.59. The summed E-state index contributed by atoms with van der Waals surface area (Å²) in [6.45, 7) is 0.0734. The number of amides is 1. The molecule has 0 fully saturated rings. The molecule has 0 aliphatic carbocycles. The quantitative estimate of drug-likeness (QED) is 0.861. The van der Waals surface area contributed by atoms with E-state index < -0.39 is 23.9 Å². The molecule has 0 radical (unpaired) electrons. The molecule has 0 aliphatic rings. The summed E-state index contributed by atoms with van der Waals surface area (Å²) in [5.74, 6) is -1.11. The lowest BCUT2D eigenvalue weighted by Crippen LogP contribution is -2.34. The molecule has 1 amide bonds. The number of hydrogen-bond acceptors (Lipinski definition) is 4. The second-order valence-electron chi connectivity index (χ2n) is 4.71. The van der Waals surface area contributed by atoms with Gasteiger partial charge in [0, 0.05) is 0 Å². The van der Waals surface area contributed by atoms with Crippen LogP contribution in [-0.2, 0) is 20.9 Å². The van der Waals surface area contributed by atoms with Crippen molar-refractivity contribution in [3.05, 3.63) is 71.5 Å². The first-order valence-electron chi connectivity index (χ1n) is 6.90. The van der Waals surface area contributed by atoms with Crippen LogP contribution in [0.5, 0.6) is 0 Å². The van der Waals surface area contributed by atoms with Crippen LogP contribution in [0.2, 0.25) is 0 Å². The highest BCUT2D eigenvalue weighted by atomic mass is 19.1. The van der Waals surface area contributed by atoms with Crippen molar-refractivity contribution >= 4 is 12.1 Å². The van der Waals surface area contributed by atoms with Gasteiger partial charge in [-0.25, -0.2) is 14.0 Å². The first-order valence-corrected chi connectivity index (χ1v) is 6.90. The molecule has 0 spiro atoms. The van der Waals surface area contributed by atoms with E-state index in [4.69, 9.17) is 4.74 Å². The zero-order valence-corrected chi connectivity index (χ0v) is 12.5. The summed E-state index contributed by atoms with van der Waals surface area (Å²) in [6.07, 6.45) is -0.770. The molecule has 0 bridgehead atoms. The second kappa shape index (κ2) is 7.93. The number of rotatable bonds is 5. The first-order chi connectivity index (χ1) is 11.1. The molecule has 0 aliphatic heterocycles. The van der Waals surface area contributed by atoms with Crippen LogP contribution in [0.4, 0.5) is 9.18 Å². The van der Waals surface area contributed by atoms with Crippen molar-refractivity contribution in [3.8, 4) is 0 Å². The molecular weight excluding hydrogens is 301 g/mol. The highest BCUT2D eigenvalue weighted by molar-refractivity contribution is 5.82. The summed E-state index contributed by atoms with van der Waals surface area (Å²) in [6, 6.07) is 13.2. The van der Waals surface area contributed by atoms with Gasteiger partial charge in [0.05, 0.1) is 7.11 Å². The Hall–Kier alpha value is -2.89. The van der Waals surface area contributed by atoms with E-state index in [0.29, 0.717) is 5.56 Å². The number of ether oxygens (including phenoxy) is 2. The third-order valence-corrected chi connectivity index (χ3v) is 3.12. The maximum atomic E-state index is 13.0. The fraction of sp³-hybridized carbons (Fsp3) is 0.176. The van der Waals surface area contributed by atoms with E-state index in [9.17, 15) is 14.0 Å². The topological polar surface area (TPSA) is 64.6 Å². The Kier molecular flexibility index (Phi) is 5.68. The van der Waals surface area contributed by atoms with Gasteiger partial charge in [0.25, 0.3) is 0 Å². The number of halogens is 1. The smallest absolute Gasteiger partial charge is 0.408 e. The molecule has 2 aromatic carbocycles. The van der Waals surface area contributed by atoms with Gasteiger partial charge in [-0.1, -0.05) is 42.5 Å². The van der Waals surface area contributed by atoms with Crippen LogP contribution in [-0.4, -0.2) is 19.2 Å². The zero-order chi connectivity index (χ0) is 16.7. The molecule has 2 aromatic rings. The van der Waals surface area contributed by atoms with E-state index >= 15 is 0 Å². The highest BCUT2D eigenvalue weighted by Gasteiger charge is 2.24. The van der Waals surface area contributed by atoms with Crippen LogP contribution in [0.25, 0.3) is 0 Å². The molecule has 1 atom stereocenters. The van der Waals surface area contributed by atoms with Crippen LogP contribution in [0.15, 0.2) is 54.6 Å². The summed E-state index contributed by atoms with van der Waals surface area (Å²) in [5.41, 5.74) is 1.22. The fourth-order valence-electron chi connectivity index (χ4n) is 1.93. The molecular formula is C17H16FNO4. The summed E-state index contributed by atoms with van der Waals surface area (Å²) >= 11 is 0. The largest absolute Gasteiger partial charge is 0.467 e. The maximum absolute atomic E-state index is 13.0. The predicted octanol–water partition coefficient (Wildman–Crippen LogP) is 2.97. The van der Waals surface area contributed by atoms with Crippen molar-refractivity contribution < 1.29 is 23.5 Å². The number of nitrogens with one attached hydrogen (secondary N) is 1. The van der Waals surface area contributed by atoms with E-state index in [1.54, 1.807) is 0 Å². The Bertz CT molecular complexity index is 658. The maximum Gasteiger partial charge on any atom is 0.408 e. The van der Waals surface area contributed by atoms with Crippen molar-refractivity contribution in [2.75, 3.05) is 7.11 Å². The predicted molar refractivity (Wildman–Crippen MR) is 80.9 cm³/mol. The normalized spacial score (nSPS) is 11.4. The molecule has 0 saturated carbocycles. The average molecular weight is 317 g/mol. The minimum atomic E-state index is -1.07. The molecule has 5 nitrogen and oxygen atoms in total. The number of carbonyl (C=O) groups excluding carboxylic acids is 2. The van der Waals surface area contributed by atoms with Gasteiger partial charge in [-0.3, -0.25) is 0 Å². The van der Waals surface area contributed by atoms with E-state index in [-0.39, 0.29) is 6.61 Å². The van der Waals surface area contributed by atoms with Crippen LogP contribution in [0.1, 0.15) is 17.2 Å². The lowest BCUT2D eigenvalue weighted by molar-refractivity contribution is -0.143. The summed E-state index contributed by atoms with van der Waals surface area (Å²) in [5, 5.41) is 2.42. The van der Waals surface area contributed by atoms with Crippen LogP contribution < -0.4 is 5.32 Å². The minimum Gasteiger partial charge on any atom is -0.467 e. The molecule has 0 heterocycles. The molecule has 0 unspecified atom stereocenters. The number of carbonyl (C=O) groups is 2. The lowest BCUT2D eigenvalue weighted by Gasteiger charge is -2.16. The molecule has 120 valence electrons. The Morgan fingerprint density at radius 1 is 1.09 bits per heavy atom. The van der Waals surface area contributed by atoms with Crippen molar-refractivity contribution in [1.29, 1.82) is 0 Å². The Labute approximate surface area is 133 Å². The van der Waals surface area contributed by atoms with Gasteiger partial charge in [0.15, 0.2) is 6.04 Å². The van der Waals surface area contributed by atoms with Crippen molar-refractivity contribution in [3.63, 3.8) is 0 Å². The van der Waals surface area contributed by atoms with Crippen LogP contribution in [0, 0.1) is 5.82 Å². The second-order valence-corrected chi connectivity index (χ2v) is 4.71. The van der Waals surface area contributed by atoms with Crippen molar-refractivity contribution in [2.45, 2.75) is 12.6 Å². The number of methoxy groups -OCH3 is 1. The van der Waals surface area contributed by atoms with Gasteiger partial charge in [0.2, 0.25) is 0 Å². The Morgan fingerprint density at radius 3 is 2.35 bits per heavy atom. The van der Waals surface area contributed by atoms with Gasteiger partial charge in [-0.05, 0) is 23.3 Å². The van der Waals surface area contributed by atoms with E-state index in [1.807, 2.05) is 30.3 Å². The molecule has 23 heavy (non-hydrogen) atoms. The third-order valence-electron chi connectivity index (χ3n) is 3.12. The minimum absolute atomic E-state index is 0.0734. The first kappa shape index (κ1) is 16.5. The number of benzene rings is 2.